The zero-order valence-corrected chi connectivity index (χ0v) is 26.7. The summed E-state index contributed by atoms with van der Waals surface area (Å²) in [6.45, 7) is 5.80. The number of rotatable bonds is 16. The fraction of sp³-hybridized carbons (Fsp3) is 0.639. The molecule has 2 aliphatic heterocycles. The van der Waals surface area contributed by atoms with E-state index in [2.05, 4.69) is 25.1 Å². The number of carbonyl (C=O) groups is 1. The van der Waals surface area contributed by atoms with Gasteiger partial charge in [0.05, 0.1) is 50.7 Å². The SMILES string of the molecule is CC1c2cc(OCOC3CCC(OCOCC4CO4)CC3)ccc2-c2ccc(OC(=O)C3CCC(OCOCC4CO4)CC3)cc21. The van der Waals surface area contributed by atoms with Gasteiger partial charge in [0.1, 0.15) is 37.3 Å². The van der Waals surface area contributed by atoms with Crippen LogP contribution in [0.3, 0.4) is 0 Å². The molecule has 7 rings (SSSR count). The van der Waals surface area contributed by atoms with E-state index in [1.165, 1.54) is 16.7 Å². The Morgan fingerprint density at radius 3 is 1.70 bits per heavy atom. The Morgan fingerprint density at radius 2 is 1.15 bits per heavy atom. The van der Waals surface area contributed by atoms with Crippen molar-refractivity contribution in [3.05, 3.63) is 47.5 Å². The van der Waals surface area contributed by atoms with Gasteiger partial charge in [0.25, 0.3) is 0 Å². The second-order valence-electron chi connectivity index (χ2n) is 13.2. The largest absolute Gasteiger partial charge is 0.468 e. The monoisotopic (exact) mass is 638 g/mol. The lowest BCUT2D eigenvalue weighted by Crippen LogP contribution is -2.29. The fourth-order valence-corrected chi connectivity index (χ4v) is 6.81. The van der Waals surface area contributed by atoms with Gasteiger partial charge in [0.2, 0.25) is 0 Å². The number of benzene rings is 2. The van der Waals surface area contributed by atoms with Gasteiger partial charge in [0.15, 0.2) is 6.79 Å². The van der Waals surface area contributed by atoms with Crippen molar-refractivity contribution < 1.29 is 47.4 Å². The molecule has 10 nitrogen and oxygen atoms in total. The number of carbonyl (C=O) groups excluding carboxylic acids is 1. The number of ether oxygens (including phenoxy) is 9. The summed E-state index contributed by atoms with van der Waals surface area (Å²) >= 11 is 0. The zero-order chi connectivity index (χ0) is 31.3. The van der Waals surface area contributed by atoms with Crippen molar-refractivity contribution in [1.29, 1.82) is 0 Å². The van der Waals surface area contributed by atoms with Crippen LogP contribution in [0.5, 0.6) is 11.5 Å². The van der Waals surface area contributed by atoms with Crippen LogP contribution in [0.1, 0.15) is 75.3 Å². The van der Waals surface area contributed by atoms with Crippen LogP contribution in [0.2, 0.25) is 0 Å². The number of epoxide rings is 2. The molecule has 5 aliphatic rings. The van der Waals surface area contributed by atoms with E-state index in [-0.39, 0.29) is 61.9 Å². The predicted molar refractivity (Wildman–Crippen MR) is 167 cm³/mol. The average Bonchev–Trinajstić information content (AvgIpc) is 4.03. The van der Waals surface area contributed by atoms with Crippen LogP contribution < -0.4 is 9.47 Å². The Hall–Kier alpha value is -2.57. The Kier molecular flexibility index (Phi) is 10.5. The summed E-state index contributed by atoms with van der Waals surface area (Å²) in [7, 11) is 0. The van der Waals surface area contributed by atoms with Crippen molar-refractivity contribution in [3.63, 3.8) is 0 Å². The molecule has 2 aromatic carbocycles. The van der Waals surface area contributed by atoms with Gasteiger partial charge in [-0.3, -0.25) is 4.79 Å². The lowest BCUT2D eigenvalue weighted by Gasteiger charge is -2.28. The maximum absolute atomic E-state index is 13.0. The van der Waals surface area contributed by atoms with E-state index >= 15 is 0 Å². The highest BCUT2D eigenvalue weighted by Gasteiger charge is 2.31. The van der Waals surface area contributed by atoms with E-state index in [9.17, 15) is 4.79 Å². The molecule has 46 heavy (non-hydrogen) atoms. The van der Waals surface area contributed by atoms with Crippen LogP contribution in [0, 0.1) is 5.92 Å². The van der Waals surface area contributed by atoms with Crippen molar-refractivity contribution in [2.45, 2.75) is 94.7 Å². The molecule has 0 radical (unpaired) electrons. The Bertz CT molecular complexity index is 1310. The zero-order valence-electron chi connectivity index (χ0n) is 26.7. The molecule has 3 unspecified atom stereocenters. The molecule has 0 amide bonds. The van der Waals surface area contributed by atoms with Gasteiger partial charge in [-0.2, -0.15) is 0 Å². The maximum Gasteiger partial charge on any atom is 0.314 e. The minimum Gasteiger partial charge on any atom is -0.468 e. The summed E-state index contributed by atoms with van der Waals surface area (Å²) in [5, 5.41) is 0. The summed E-state index contributed by atoms with van der Waals surface area (Å²) in [5.41, 5.74) is 4.72. The number of hydrogen-bond acceptors (Lipinski definition) is 10. The molecule has 2 saturated heterocycles. The van der Waals surface area contributed by atoms with Crippen molar-refractivity contribution in [1.82, 2.24) is 0 Å². The van der Waals surface area contributed by atoms with Crippen molar-refractivity contribution in [2.24, 2.45) is 5.92 Å². The highest BCUT2D eigenvalue weighted by atomic mass is 16.7. The van der Waals surface area contributed by atoms with Gasteiger partial charge in [0, 0.05) is 5.92 Å². The van der Waals surface area contributed by atoms with E-state index in [0.717, 1.165) is 75.9 Å². The smallest absolute Gasteiger partial charge is 0.314 e. The average molecular weight is 639 g/mol. The summed E-state index contributed by atoms with van der Waals surface area (Å²) < 4.78 is 50.9. The molecule has 0 spiro atoms. The standard InChI is InChI=1S/C36H46O10/c1-23-34-14-28(45-22-44-27-8-6-26(7-9-27)43-21-39-17-31-19-41-31)10-12-32(34)33-13-11-29(15-35(23)33)46-36(37)24-2-4-25(5-3-24)42-20-38-16-30-18-40-30/h10-15,23-27,30-31H,2-9,16-22H2,1H3. The van der Waals surface area contributed by atoms with E-state index in [1.807, 2.05) is 18.2 Å². The first-order valence-corrected chi connectivity index (χ1v) is 17.0. The molecule has 0 N–H and O–H groups in total. The highest BCUT2D eigenvalue weighted by molar-refractivity contribution is 5.81. The predicted octanol–water partition coefficient (Wildman–Crippen LogP) is 5.73. The molecule has 2 saturated carbocycles. The van der Waals surface area contributed by atoms with Gasteiger partial charge < -0.3 is 42.6 Å². The van der Waals surface area contributed by atoms with Crippen LogP contribution in [-0.2, 0) is 38.0 Å². The minimum atomic E-state index is -0.159. The minimum absolute atomic E-state index is 0.110. The van der Waals surface area contributed by atoms with Gasteiger partial charge in [-0.25, -0.2) is 0 Å². The third-order valence-corrected chi connectivity index (χ3v) is 9.83. The number of esters is 1. The van der Waals surface area contributed by atoms with E-state index < -0.39 is 0 Å². The van der Waals surface area contributed by atoms with Crippen LogP contribution in [0.4, 0.5) is 0 Å². The van der Waals surface area contributed by atoms with Crippen LogP contribution in [0.25, 0.3) is 11.1 Å². The molecule has 0 bridgehead atoms. The van der Waals surface area contributed by atoms with E-state index in [4.69, 9.17) is 42.6 Å². The molecular formula is C36H46O10. The Morgan fingerprint density at radius 1 is 0.674 bits per heavy atom. The molecule has 2 aromatic rings. The van der Waals surface area contributed by atoms with Gasteiger partial charge in [-0.15, -0.1) is 0 Å². The fourth-order valence-electron chi connectivity index (χ4n) is 6.81. The summed E-state index contributed by atoms with van der Waals surface area (Å²) in [5.74, 6) is 1.28. The first kappa shape index (κ1) is 32.0. The normalized spacial score (nSPS) is 29.5. The molecule has 3 aliphatic carbocycles. The summed E-state index contributed by atoms with van der Waals surface area (Å²) in [6.07, 6.45) is 8.04. The maximum atomic E-state index is 13.0. The third-order valence-electron chi connectivity index (χ3n) is 9.83. The third kappa shape index (κ3) is 8.47. The van der Waals surface area contributed by atoms with E-state index in [0.29, 0.717) is 25.8 Å². The highest BCUT2D eigenvalue weighted by Crippen LogP contribution is 2.47. The number of hydrogen-bond donors (Lipinski definition) is 0. The van der Waals surface area contributed by atoms with Gasteiger partial charge in [-0.1, -0.05) is 19.1 Å². The van der Waals surface area contributed by atoms with Crippen LogP contribution >= 0.6 is 0 Å². The van der Waals surface area contributed by atoms with Crippen molar-refractivity contribution in [2.75, 3.05) is 46.8 Å². The number of fused-ring (bicyclic) bond motifs is 3. The van der Waals surface area contributed by atoms with Crippen LogP contribution in [-0.4, -0.2) is 83.3 Å². The molecular weight excluding hydrogens is 592 g/mol. The first-order valence-electron chi connectivity index (χ1n) is 17.0. The lowest BCUT2D eigenvalue weighted by atomic mass is 9.87. The van der Waals surface area contributed by atoms with E-state index in [1.54, 1.807) is 0 Å². The van der Waals surface area contributed by atoms with Crippen LogP contribution in [0.15, 0.2) is 36.4 Å². The van der Waals surface area contributed by atoms with Crippen molar-refractivity contribution >= 4 is 5.97 Å². The molecule has 0 aromatic heterocycles. The molecule has 250 valence electrons. The van der Waals surface area contributed by atoms with Crippen molar-refractivity contribution in [3.8, 4) is 22.6 Å². The Labute approximate surface area is 270 Å². The van der Waals surface area contributed by atoms with Gasteiger partial charge in [-0.05, 0) is 97.9 Å². The Balaban J connectivity index is 0.832. The molecule has 3 atom stereocenters. The molecule has 10 heteroatoms. The topological polar surface area (TPSA) is 107 Å². The molecule has 4 fully saturated rings. The quantitative estimate of drug-likeness (QED) is 0.0745. The first-order chi connectivity index (χ1) is 22.6. The lowest BCUT2D eigenvalue weighted by molar-refractivity contribution is -0.143. The van der Waals surface area contributed by atoms with Gasteiger partial charge >= 0.3 is 5.97 Å². The summed E-state index contributed by atoms with van der Waals surface area (Å²) in [4.78, 5) is 13.0. The second-order valence-corrected chi connectivity index (χ2v) is 13.2. The molecule has 2 heterocycles. The second kappa shape index (κ2) is 15.1. The summed E-state index contributed by atoms with van der Waals surface area (Å²) in [6, 6.07) is 12.2.